The predicted octanol–water partition coefficient (Wildman–Crippen LogP) is 1.85. The molecule has 0 radical (unpaired) electrons. The topological polar surface area (TPSA) is 41.6 Å². The molecule has 94 valence electrons. The molecule has 1 amide bonds. The van der Waals surface area contributed by atoms with Crippen LogP contribution in [0.3, 0.4) is 0 Å². The van der Waals surface area contributed by atoms with Crippen LogP contribution in [-0.4, -0.2) is 43.3 Å². The van der Waals surface area contributed by atoms with Crippen LogP contribution in [0.4, 0.5) is 4.79 Å². The van der Waals surface area contributed by atoms with E-state index in [0.717, 1.165) is 19.0 Å². The number of piperidine rings is 1. The van der Waals surface area contributed by atoms with Crippen LogP contribution in [0.25, 0.3) is 0 Å². The largest absolute Gasteiger partial charge is 0.450 e. The summed E-state index contributed by atoms with van der Waals surface area (Å²) in [5.41, 5.74) is 0. The normalized spacial score (nSPS) is 20.4. The standard InChI is InChI=1S/C12H24N2O2/c1-4-16-12(15)13-9-11(3)14-7-5-10(2)6-8-14/h10-11H,4-9H2,1-3H3,(H,13,15). The molecule has 0 bridgehead atoms. The van der Waals surface area contributed by atoms with Crippen molar-refractivity contribution in [3.63, 3.8) is 0 Å². The number of hydrogen-bond donors (Lipinski definition) is 1. The third kappa shape index (κ3) is 4.39. The summed E-state index contributed by atoms with van der Waals surface area (Å²) in [7, 11) is 0. The van der Waals surface area contributed by atoms with E-state index in [1.165, 1.54) is 12.8 Å². The molecule has 1 N–H and O–H groups in total. The lowest BCUT2D eigenvalue weighted by Gasteiger charge is -2.34. The van der Waals surface area contributed by atoms with Crippen LogP contribution in [0.2, 0.25) is 0 Å². The first-order valence-electron chi connectivity index (χ1n) is 6.28. The van der Waals surface area contributed by atoms with Gasteiger partial charge in [0.1, 0.15) is 0 Å². The smallest absolute Gasteiger partial charge is 0.407 e. The molecule has 0 spiro atoms. The minimum Gasteiger partial charge on any atom is -0.450 e. The first kappa shape index (κ1) is 13.3. The van der Waals surface area contributed by atoms with Crippen molar-refractivity contribution in [1.29, 1.82) is 0 Å². The van der Waals surface area contributed by atoms with E-state index in [2.05, 4.69) is 24.1 Å². The van der Waals surface area contributed by atoms with E-state index >= 15 is 0 Å². The summed E-state index contributed by atoms with van der Waals surface area (Å²) in [4.78, 5) is 13.6. The van der Waals surface area contributed by atoms with Crippen molar-refractivity contribution in [2.75, 3.05) is 26.2 Å². The molecule has 1 heterocycles. The zero-order valence-corrected chi connectivity index (χ0v) is 10.7. The van der Waals surface area contributed by atoms with E-state index in [1.807, 2.05) is 6.92 Å². The molecule has 1 atom stereocenters. The molecule has 1 aliphatic rings. The van der Waals surface area contributed by atoms with Crippen LogP contribution in [-0.2, 0) is 4.74 Å². The van der Waals surface area contributed by atoms with Crippen LogP contribution >= 0.6 is 0 Å². The number of hydrogen-bond acceptors (Lipinski definition) is 3. The lowest BCUT2D eigenvalue weighted by atomic mass is 9.98. The van der Waals surface area contributed by atoms with Crippen molar-refractivity contribution >= 4 is 6.09 Å². The SMILES string of the molecule is CCOC(=O)NCC(C)N1CCC(C)CC1. The molecule has 0 aromatic heterocycles. The van der Waals surface area contributed by atoms with Crippen molar-refractivity contribution < 1.29 is 9.53 Å². The fourth-order valence-corrected chi connectivity index (χ4v) is 2.01. The van der Waals surface area contributed by atoms with Crippen molar-refractivity contribution in [2.24, 2.45) is 5.92 Å². The van der Waals surface area contributed by atoms with Gasteiger partial charge < -0.3 is 10.1 Å². The Balaban J connectivity index is 2.19. The zero-order chi connectivity index (χ0) is 12.0. The molecule has 4 nitrogen and oxygen atoms in total. The van der Waals surface area contributed by atoms with E-state index in [0.29, 0.717) is 19.2 Å². The Kier molecular flexibility index (Phi) is 5.60. The number of nitrogens with one attached hydrogen (secondary N) is 1. The van der Waals surface area contributed by atoms with Crippen LogP contribution < -0.4 is 5.32 Å². The quantitative estimate of drug-likeness (QED) is 0.798. The molecular formula is C12H24N2O2. The molecule has 0 aliphatic carbocycles. The second-order valence-electron chi connectivity index (χ2n) is 4.67. The van der Waals surface area contributed by atoms with E-state index in [4.69, 9.17) is 4.74 Å². The Hall–Kier alpha value is -0.770. The molecule has 1 aliphatic heterocycles. The average Bonchev–Trinajstić information content (AvgIpc) is 2.27. The van der Waals surface area contributed by atoms with Gasteiger partial charge in [0.25, 0.3) is 0 Å². The summed E-state index contributed by atoms with van der Waals surface area (Å²) in [6.45, 7) is 9.67. The lowest BCUT2D eigenvalue weighted by molar-refractivity contribution is 0.130. The Bertz CT molecular complexity index is 213. The number of nitrogens with zero attached hydrogens (tertiary/aromatic N) is 1. The van der Waals surface area contributed by atoms with Crippen LogP contribution in [0, 0.1) is 5.92 Å². The second kappa shape index (κ2) is 6.74. The van der Waals surface area contributed by atoms with Crippen LogP contribution in [0.5, 0.6) is 0 Å². The van der Waals surface area contributed by atoms with E-state index in [-0.39, 0.29) is 6.09 Å². The van der Waals surface area contributed by atoms with E-state index < -0.39 is 0 Å². The number of rotatable bonds is 4. The number of likely N-dealkylation sites (tertiary alicyclic amines) is 1. The van der Waals surface area contributed by atoms with Gasteiger partial charge in [0.05, 0.1) is 6.61 Å². The van der Waals surface area contributed by atoms with E-state index in [1.54, 1.807) is 0 Å². The molecule has 1 fully saturated rings. The number of carbonyl (C=O) groups excluding carboxylic acids is 1. The highest BCUT2D eigenvalue weighted by Crippen LogP contribution is 2.17. The molecular weight excluding hydrogens is 204 g/mol. The maximum atomic E-state index is 11.1. The van der Waals surface area contributed by atoms with Crippen LogP contribution in [0.15, 0.2) is 0 Å². The molecule has 1 unspecified atom stereocenters. The molecule has 0 aromatic rings. The summed E-state index contributed by atoms with van der Waals surface area (Å²) in [6.07, 6.45) is 2.23. The Morgan fingerprint density at radius 3 is 2.69 bits per heavy atom. The predicted molar refractivity (Wildman–Crippen MR) is 64.5 cm³/mol. The van der Waals surface area contributed by atoms with Gasteiger partial charge in [-0.3, -0.25) is 4.90 Å². The molecule has 1 rings (SSSR count). The molecule has 4 heteroatoms. The first-order chi connectivity index (χ1) is 7.63. The van der Waals surface area contributed by atoms with Crippen molar-refractivity contribution in [1.82, 2.24) is 10.2 Å². The van der Waals surface area contributed by atoms with Crippen molar-refractivity contribution in [2.45, 2.75) is 39.7 Å². The molecule has 1 saturated heterocycles. The van der Waals surface area contributed by atoms with E-state index in [9.17, 15) is 4.79 Å². The summed E-state index contributed by atoms with van der Waals surface area (Å²) in [5.74, 6) is 0.849. The third-order valence-electron chi connectivity index (χ3n) is 3.26. The highest BCUT2D eigenvalue weighted by Gasteiger charge is 2.20. The number of alkyl carbamates (subject to hydrolysis) is 1. The maximum Gasteiger partial charge on any atom is 0.407 e. The monoisotopic (exact) mass is 228 g/mol. The average molecular weight is 228 g/mol. The molecule has 0 aromatic carbocycles. The zero-order valence-electron chi connectivity index (χ0n) is 10.7. The van der Waals surface area contributed by atoms with Gasteiger partial charge in [-0.05, 0) is 45.7 Å². The van der Waals surface area contributed by atoms with Crippen LogP contribution in [0.1, 0.15) is 33.6 Å². The van der Waals surface area contributed by atoms with Gasteiger partial charge in [-0.2, -0.15) is 0 Å². The fourth-order valence-electron chi connectivity index (χ4n) is 2.01. The van der Waals surface area contributed by atoms with Gasteiger partial charge in [0, 0.05) is 12.6 Å². The number of amides is 1. The van der Waals surface area contributed by atoms with Gasteiger partial charge in [-0.25, -0.2) is 4.79 Å². The minimum atomic E-state index is -0.306. The Morgan fingerprint density at radius 2 is 2.12 bits per heavy atom. The second-order valence-corrected chi connectivity index (χ2v) is 4.67. The first-order valence-corrected chi connectivity index (χ1v) is 6.28. The summed E-state index contributed by atoms with van der Waals surface area (Å²) in [5, 5.41) is 2.79. The molecule has 0 saturated carbocycles. The summed E-state index contributed by atoms with van der Waals surface area (Å²) >= 11 is 0. The highest BCUT2D eigenvalue weighted by molar-refractivity contribution is 5.67. The van der Waals surface area contributed by atoms with Gasteiger partial charge >= 0.3 is 6.09 Å². The van der Waals surface area contributed by atoms with Gasteiger partial charge in [-0.15, -0.1) is 0 Å². The fraction of sp³-hybridized carbons (Fsp3) is 0.917. The maximum absolute atomic E-state index is 11.1. The van der Waals surface area contributed by atoms with Gasteiger partial charge in [0.2, 0.25) is 0 Å². The minimum absolute atomic E-state index is 0.306. The lowest BCUT2D eigenvalue weighted by Crippen LogP contribution is -2.45. The third-order valence-corrected chi connectivity index (χ3v) is 3.26. The van der Waals surface area contributed by atoms with Gasteiger partial charge in [-0.1, -0.05) is 6.92 Å². The number of ether oxygens (including phenoxy) is 1. The molecule has 16 heavy (non-hydrogen) atoms. The summed E-state index contributed by atoms with van der Waals surface area (Å²) < 4.78 is 4.83. The van der Waals surface area contributed by atoms with Gasteiger partial charge in [0.15, 0.2) is 0 Å². The Labute approximate surface area is 98.3 Å². The van der Waals surface area contributed by atoms with Crippen molar-refractivity contribution in [3.05, 3.63) is 0 Å². The van der Waals surface area contributed by atoms with Crippen molar-refractivity contribution in [3.8, 4) is 0 Å². The number of carbonyl (C=O) groups is 1. The highest BCUT2D eigenvalue weighted by atomic mass is 16.5. The Morgan fingerprint density at radius 1 is 1.50 bits per heavy atom. The summed E-state index contributed by atoms with van der Waals surface area (Å²) in [6, 6.07) is 0.400.